The summed E-state index contributed by atoms with van der Waals surface area (Å²) < 4.78 is 10.7. The number of rotatable bonds is 9. The van der Waals surface area contributed by atoms with Crippen LogP contribution in [0.3, 0.4) is 0 Å². The van der Waals surface area contributed by atoms with Crippen molar-refractivity contribution in [3.8, 4) is 11.5 Å². The van der Waals surface area contributed by atoms with Gasteiger partial charge in [-0.3, -0.25) is 9.69 Å². The molecule has 1 heterocycles. The number of ether oxygens (including phenoxy) is 2. The molecule has 0 saturated heterocycles. The monoisotopic (exact) mass is 390 g/mol. The minimum atomic E-state index is -0.181. The van der Waals surface area contributed by atoms with Gasteiger partial charge < -0.3 is 14.8 Å². The summed E-state index contributed by atoms with van der Waals surface area (Å²) in [6.07, 6.45) is 0. The number of nitrogens with zero attached hydrogens (tertiary/aromatic N) is 1. The van der Waals surface area contributed by atoms with E-state index in [1.807, 2.05) is 25.1 Å². The van der Waals surface area contributed by atoms with Gasteiger partial charge in [0, 0.05) is 23.0 Å². The van der Waals surface area contributed by atoms with E-state index in [0.717, 1.165) is 23.6 Å². The molecular weight excluding hydrogens is 360 g/mol. The van der Waals surface area contributed by atoms with Gasteiger partial charge in [-0.2, -0.15) is 0 Å². The van der Waals surface area contributed by atoms with Crippen molar-refractivity contribution in [3.05, 3.63) is 45.6 Å². The van der Waals surface area contributed by atoms with Crippen LogP contribution in [0.15, 0.2) is 29.6 Å². The maximum atomic E-state index is 12.7. The first-order chi connectivity index (χ1) is 12.8. The van der Waals surface area contributed by atoms with Gasteiger partial charge in [0.15, 0.2) is 0 Å². The average molecular weight is 391 g/mol. The number of benzene rings is 1. The fourth-order valence-electron chi connectivity index (χ4n) is 2.90. The van der Waals surface area contributed by atoms with Crippen molar-refractivity contribution in [3.63, 3.8) is 0 Å². The zero-order valence-electron chi connectivity index (χ0n) is 17.0. The highest BCUT2D eigenvalue weighted by Crippen LogP contribution is 2.29. The summed E-state index contributed by atoms with van der Waals surface area (Å²) >= 11 is 1.74. The molecule has 1 unspecified atom stereocenters. The number of thiophene rings is 1. The number of hydrogen-bond donors (Lipinski definition) is 1. The minimum absolute atomic E-state index is 0.00437. The van der Waals surface area contributed by atoms with Crippen LogP contribution in [0.25, 0.3) is 0 Å². The average Bonchev–Trinajstić information content (AvgIpc) is 3.05. The smallest absolute Gasteiger partial charge is 0.234 e. The van der Waals surface area contributed by atoms with Crippen molar-refractivity contribution in [2.75, 3.05) is 20.8 Å². The molecule has 0 radical (unpaired) electrons. The number of carbonyl (C=O) groups is 1. The number of hydrogen-bond acceptors (Lipinski definition) is 5. The standard InChI is InChI=1S/C21H30N2O3S/c1-14(2)23(12-20-15(3)9-10-27-20)13-21(24)22-16(4)18-11-17(25-5)7-8-19(18)26-6/h7-11,14,16H,12-13H2,1-6H3,(H,22,24). The first-order valence-electron chi connectivity index (χ1n) is 9.14. The number of aryl methyl sites for hydroxylation is 1. The van der Waals surface area contributed by atoms with Crippen molar-refractivity contribution < 1.29 is 14.3 Å². The van der Waals surface area contributed by atoms with Gasteiger partial charge >= 0.3 is 0 Å². The Balaban J connectivity index is 2.05. The second kappa shape index (κ2) is 9.76. The van der Waals surface area contributed by atoms with Gasteiger partial charge in [-0.05, 0) is 62.9 Å². The first-order valence-corrected chi connectivity index (χ1v) is 10.0. The Bertz CT molecular complexity index is 758. The summed E-state index contributed by atoms with van der Waals surface area (Å²) in [6, 6.07) is 7.82. The molecule has 1 N–H and O–H groups in total. The number of amides is 1. The molecule has 6 heteroatoms. The van der Waals surface area contributed by atoms with Gasteiger partial charge in [0.2, 0.25) is 5.91 Å². The Labute approximate surface area is 166 Å². The second-order valence-electron chi connectivity index (χ2n) is 6.92. The summed E-state index contributed by atoms with van der Waals surface area (Å²) in [5, 5.41) is 5.19. The van der Waals surface area contributed by atoms with Crippen LogP contribution >= 0.6 is 11.3 Å². The Morgan fingerprint density at radius 1 is 1.19 bits per heavy atom. The Hall–Kier alpha value is -2.05. The number of methoxy groups -OCH3 is 2. The fourth-order valence-corrected chi connectivity index (χ4v) is 3.83. The van der Waals surface area contributed by atoms with Crippen LogP contribution in [0, 0.1) is 6.92 Å². The predicted molar refractivity (Wildman–Crippen MR) is 111 cm³/mol. The van der Waals surface area contributed by atoms with Gasteiger partial charge in [0.1, 0.15) is 11.5 Å². The highest BCUT2D eigenvalue weighted by Gasteiger charge is 2.19. The third-order valence-electron chi connectivity index (χ3n) is 4.67. The molecule has 0 bridgehead atoms. The Morgan fingerprint density at radius 3 is 2.48 bits per heavy atom. The molecule has 0 spiro atoms. The maximum Gasteiger partial charge on any atom is 0.234 e. The lowest BCUT2D eigenvalue weighted by molar-refractivity contribution is -0.123. The molecule has 27 heavy (non-hydrogen) atoms. The zero-order valence-corrected chi connectivity index (χ0v) is 17.9. The molecule has 0 saturated carbocycles. The molecule has 1 aromatic carbocycles. The maximum absolute atomic E-state index is 12.7. The van der Waals surface area contributed by atoms with Crippen molar-refractivity contribution >= 4 is 17.2 Å². The van der Waals surface area contributed by atoms with E-state index in [2.05, 4.69) is 42.4 Å². The Kier molecular flexibility index (Phi) is 7.68. The summed E-state index contributed by atoms with van der Waals surface area (Å²) in [5.74, 6) is 1.47. The Morgan fingerprint density at radius 2 is 1.93 bits per heavy atom. The van der Waals surface area contributed by atoms with Gasteiger partial charge in [-0.1, -0.05) is 0 Å². The van der Waals surface area contributed by atoms with Crippen molar-refractivity contribution in [2.45, 2.75) is 46.3 Å². The fraction of sp³-hybridized carbons (Fsp3) is 0.476. The molecular formula is C21H30N2O3S. The van der Waals surface area contributed by atoms with Gasteiger partial charge in [-0.25, -0.2) is 0 Å². The molecule has 1 amide bonds. The summed E-state index contributed by atoms with van der Waals surface area (Å²) in [5.41, 5.74) is 2.18. The van der Waals surface area contributed by atoms with Crippen LogP contribution < -0.4 is 14.8 Å². The van der Waals surface area contributed by atoms with Crippen LogP contribution in [-0.4, -0.2) is 37.6 Å². The van der Waals surface area contributed by atoms with Crippen molar-refractivity contribution in [2.24, 2.45) is 0 Å². The third kappa shape index (κ3) is 5.71. The van der Waals surface area contributed by atoms with Gasteiger partial charge in [-0.15, -0.1) is 11.3 Å². The molecule has 0 aliphatic rings. The third-order valence-corrected chi connectivity index (χ3v) is 5.68. The largest absolute Gasteiger partial charge is 0.497 e. The predicted octanol–water partition coefficient (Wildman–Crippen LogP) is 4.16. The highest BCUT2D eigenvalue weighted by atomic mass is 32.1. The quantitative estimate of drug-likeness (QED) is 0.698. The summed E-state index contributed by atoms with van der Waals surface area (Å²) in [4.78, 5) is 16.2. The molecule has 2 rings (SSSR count). The van der Waals surface area contributed by atoms with E-state index in [1.54, 1.807) is 25.6 Å². The van der Waals surface area contributed by atoms with E-state index < -0.39 is 0 Å². The van der Waals surface area contributed by atoms with Crippen molar-refractivity contribution in [1.29, 1.82) is 0 Å². The van der Waals surface area contributed by atoms with E-state index in [9.17, 15) is 4.79 Å². The molecule has 1 aromatic heterocycles. The lowest BCUT2D eigenvalue weighted by Gasteiger charge is -2.27. The van der Waals surface area contributed by atoms with Crippen molar-refractivity contribution in [1.82, 2.24) is 10.2 Å². The lowest BCUT2D eigenvalue weighted by Crippen LogP contribution is -2.41. The summed E-state index contributed by atoms with van der Waals surface area (Å²) in [7, 11) is 3.26. The lowest BCUT2D eigenvalue weighted by atomic mass is 10.1. The van der Waals surface area contributed by atoms with Crippen LogP contribution in [0.1, 0.15) is 42.8 Å². The van der Waals surface area contributed by atoms with Crippen LogP contribution in [0.4, 0.5) is 0 Å². The second-order valence-corrected chi connectivity index (χ2v) is 7.92. The molecule has 148 valence electrons. The first kappa shape index (κ1) is 21.3. The SMILES string of the molecule is COc1ccc(OC)c(C(C)NC(=O)CN(Cc2sccc2C)C(C)C)c1. The number of carbonyl (C=O) groups excluding carboxylic acids is 1. The van der Waals surface area contributed by atoms with Crippen LogP contribution in [0.5, 0.6) is 11.5 Å². The van der Waals surface area contributed by atoms with E-state index in [4.69, 9.17) is 9.47 Å². The van der Waals surface area contributed by atoms with E-state index in [1.165, 1.54) is 10.4 Å². The highest BCUT2D eigenvalue weighted by molar-refractivity contribution is 7.10. The molecule has 5 nitrogen and oxygen atoms in total. The normalized spacial score (nSPS) is 12.3. The molecule has 2 aromatic rings. The zero-order chi connectivity index (χ0) is 20.0. The summed E-state index contributed by atoms with van der Waals surface area (Å²) in [6.45, 7) is 9.44. The molecule has 0 aliphatic heterocycles. The van der Waals surface area contributed by atoms with Crippen LogP contribution in [-0.2, 0) is 11.3 Å². The van der Waals surface area contributed by atoms with E-state index in [0.29, 0.717) is 6.54 Å². The molecule has 0 fully saturated rings. The topological polar surface area (TPSA) is 50.8 Å². The van der Waals surface area contributed by atoms with Crippen LogP contribution in [0.2, 0.25) is 0 Å². The molecule has 0 aliphatic carbocycles. The minimum Gasteiger partial charge on any atom is -0.497 e. The van der Waals surface area contributed by atoms with E-state index in [-0.39, 0.29) is 18.0 Å². The van der Waals surface area contributed by atoms with Gasteiger partial charge in [0.25, 0.3) is 0 Å². The molecule has 1 atom stereocenters. The van der Waals surface area contributed by atoms with E-state index >= 15 is 0 Å². The van der Waals surface area contributed by atoms with Gasteiger partial charge in [0.05, 0.1) is 26.8 Å². The number of nitrogens with one attached hydrogen (secondary N) is 1.